The molecule has 32 heavy (non-hydrogen) atoms. The number of hydrogen-bond donors (Lipinski definition) is 0. The molecule has 1 aliphatic rings. The van der Waals surface area contributed by atoms with Crippen molar-refractivity contribution in [1.29, 1.82) is 0 Å². The van der Waals surface area contributed by atoms with Gasteiger partial charge < -0.3 is 4.81 Å². The molecule has 6 rings (SSSR count). The smallest absolute Gasteiger partial charge is 0.328 e. The molecule has 1 aliphatic heterocycles. The summed E-state index contributed by atoms with van der Waals surface area (Å²) < 4.78 is 0. The Morgan fingerprint density at radius 2 is 1.00 bits per heavy atom. The Morgan fingerprint density at radius 1 is 0.438 bits per heavy atom. The summed E-state index contributed by atoms with van der Waals surface area (Å²) in [5, 5.41) is 0. The van der Waals surface area contributed by atoms with Crippen LogP contribution in [0.4, 0.5) is 11.4 Å². The van der Waals surface area contributed by atoms with Crippen LogP contribution in [0.2, 0.25) is 0 Å². The van der Waals surface area contributed by atoms with Crippen molar-refractivity contribution in [2.75, 3.05) is 4.81 Å². The van der Waals surface area contributed by atoms with Crippen LogP contribution in [0.5, 0.6) is 0 Å². The molecule has 5 aromatic rings. The monoisotopic (exact) mass is 407 g/mol. The van der Waals surface area contributed by atoms with Gasteiger partial charge in [-0.25, -0.2) is 0 Å². The lowest BCUT2D eigenvalue weighted by atomic mass is 9.46. The van der Waals surface area contributed by atoms with E-state index in [1.807, 2.05) is 0 Å². The minimum atomic E-state index is 0.116. The number of para-hydroxylation sites is 1. The van der Waals surface area contributed by atoms with Crippen LogP contribution >= 0.6 is 0 Å². The van der Waals surface area contributed by atoms with Crippen LogP contribution in [-0.4, -0.2) is 6.85 Å². The number of nitrogens with zero attached hydrogens (tertiary/aromatic N) is 1. The summed E-state index contributed by atoms with van der Waals surface area (Å²) in [5.74, 6) is 0. The van der Waals surface area contributed by atoms with E-state index in [0.717, 1.165) is 0 Å². The fourth-order valence-corrected chi connectivity index (χ4v) is 4.87. The average molecular weight is 407 g/mol. The second-order valence-electron chi connectivity index (χ2n) is 8.20. The van der Waals surface area contributed by atoms with Crippen molar-refractivity contribution in [2.24, 2.45) is 0 Å². The number of benzene rings is 5. The molecule has 0 aromatic heterocycles. The van der Waals surface area contributed by atoms with Gasteiger partial charge in [0.15, 0.2) is 0 Å². The highest BCUT2D eigenvalue weighted by atomic mass is 15.1. The molecule has 5 aromatic carbocycles. The summed E-state index contributed by atoms with van der Waals surface area (Å²) in [6, 6.07) is 47.9. The predicted octanol–water partition coefficient (Wildman–Crippen LogP) is 6.28. The zero-order chi connectivity index (χ0) is 21.3. The number of anilines is 2. The topological polar surface area (TPSA) is 3.24 Å². The second-order valence-corrected chi connectivity index (χ2v) is 8.20. The van der Waals surface area contributed by atoms with Gasteiger partial charge >= 0.3 is 6.85 Å². The summed E-state index contributed by atoms with van der Waals surface area (Å²) in [5.41, 5.74) is 10.1. The number of fused-ring (bicyclic) bond motifs is 3. The third kappa shape index (κ3) is 3.12. The number of hydrogen-bond acceptors (Lipinski definition) is 1. The molecule has 1 heterocycles. The molecule has 0 unspecified atom stereocenters. The van der Waals surface area contributed by atoms with Crippen LogP contribution in [0.15, 0.2) is 133 Å². The first-order valence-electron chi connectivity index (χ1n) is 11.1. The Morgan fingerprint density at radius 3 is 1.75 bits per heavy atom. The summed E-state index contributed by atoms with van der Waals surface area (Å²) in [4.78, 5) is 2.49. The van der Waals surface area contributed by atoms with Crippen molar-refractivity contribution in [3.05, 3.63) is 133 Å². The molecular formula is C30H22BN. The van der Waals surface area contributed by atoms with Crippen LogP contribution in [0.3, 0.4) is 0 Å². The molecule has 0 atom stereocenters. The van der Waals surface area contributed by atoms with E-state index in [2.05, 4.69) is 138 Å². The lowest BCUT2D eigenvalue weighted by Gasteiger charge is -2.39. The summed E-state index contributed by atoms with van der Waals surface area (Å²) in [6.45, 7) is 0.116. The van der Waals surface area contributed by atoms with Crippen molar-refractivity contribution in [2.45, 2.75) is 0 Å². The van der Waals surface area contributed by atoms with Crippen LogP contribution in [0.1, 0.15) is 0 Å². The molecule has 150 valence electrons. The van der Waals surface area contributed by atoms with Crippen molar-refractivity contribution in [1.82, 2.24) is 0 Å². The van der Waals surface area contributed by atoms with Crippen LogP contribution in [0, 0.1) is 0 Å². The Bertz CT molecular complexity index is 1360. The van der Waals surface area contributed by atoms with Crippen molar-refractivity contribution < 1.29 is 0 Å². The molecule has 0 N–H and O–H groups in total. The molecule has 0 saturated carbocycles. The fraction of sp³-hybridized carbons (Fsp3) is 0. The van der Waals surface area contributed by atoms with Gasteiger partial charge in [-0.2, -0.15) is 0 Å². The zero-order valence-electron chi connectivity index (χ0n) is 17.7. The van der Waals surface area contributed by atoms with Gasteiger partial charge in [-0.1, -0.05) is 121 Å². The van der Waals surface area contributed by atoms with E-state index >= 15 is 0 Å². The van der Waals surface area contributed by atoms with E-state index in [9.17, 15) is 0 Å². The molecule has 1 nitrogen and oxygen atoms in total. The first-order valence-corrected chi connectivity index (χ1v) is 11.1. The van der Waals surface area contributed by atoms with Crippen molar-refractivity contribution in [3.8, 4) is 22.3 Å². The van der Waals surface area contributed by atoms with E-state index < -0.39 is 0 Å². The van der Waals surface area contributed by atoms with Gasteiger partial charge in [0.25, 0.3) is 0 Å². The van der Waals surface area contributed by atoms with Crippen molar-refractivity contribution in [3.63, 3.8) is 0 Å². The third-order valence-corrected chi connectivity index (χ3v) is 6.34. The van der Waals surface area contributed by atoms with E-state index in [4.69, 9.17) is 0 Å². The lowest BCUT2D eigenvalue weighted by molar-refractivity contribution is 1.36. The molecular weight excluding hydrogens is 385 g/mol. The highest BCUT2D eigenvalue weighted by Gasteiger charge is 2.36. The Kier molecular flexibility index (Phi) is 4.62. The van der Waals surface area contributed by atoms with Gasteiger partial charge in [0.05, 0.1) is 0 Å². The molecule has 2 heteroatoms. The zero-order valence-corrected chi connectivity index (χ0v) is 17.7. The molecule has 0 aliphatic carbocycles. The third-order valence-electron chi connectivity index (χ3n) is 6.34. The van der Waals surface area contributed by atoms with Gasteiger partial charge in [0.2, 0.25) is 0 Å². The van der Waals surface area contributed by atoms with Gasteiger partial charge in [-0.3, -0.25) is 0 Å². The molecule has 0 spiro atoms. The van der Waals surface area contributed by atoms with Crippen LogP contribution < -0.4 is 15.7 Å². The highest BCUT2D eigenvalue weighted by molar-refractivity contribution is 6.90. The Labute approximate surface area is 189 Å². The maximum absolute atomic E-state index is 2.49. The summed E-state index contributed by atoms with van der Waals surface area (Å²) >= 11 is 0. The molecule has 0 bridgehead atoms. The predicted molar refractivity (Wildman–Crippen MR) is 137 cm³/mol. The molecule has 0 saturated heterocycles. The SMILES string of the molecule is c1ccc(B2c3ccccc3-c3ccccc3N2c2ccc(-c3ccccc3)cc2)cc1. The van der Waals surface area contributed by atoms with E-state index in [-0.39, 0.29) is 6.85 Å². The van der Waals surface area contributed by atoms with Crippen LogP contribution in [-0.2, 0) is 0 Å². The molecule has 0 radical (unpaired) electrons. The molecule has 0 amide bonds. The maximum Gasteiger partial charge on any atom is 0.328 e. The summed E-state index contributed by atoms with van der Waals surface area (Å²) in [6.07, 6.45) is 0. The van der Waals surface area contributed by atoms with Gasteiger partial charge in [-0.15, -0.1) is 0 Å². The lowest BCUT2D eigenvalue weighted by Crippen LogP contribution is -2.57. The highest BCUT2D eigenvalue weighted by Crippen LogP contribution is 2.39. The van der Waals surface area contributed by atoms with Gasteiger partial charge in [0.1, 0.15) is 0 Å². The largest absolute Gasteiger partial charge is 0.376 e. The fourth-order valence-electron chi connectivity index (χ4n) is 4.87. The minimum Gasteiger partial charge on any atom is -0.376 e. The maximum atomic E-state index is 2.49. The standard InChI is InChI=1S/C30H22BN/c1-3-11-23(12-4-1)24-19-21-26(22-20-24)32-30-18-10-8-16-28(30)27-15-7-9-17-29(27)31(32)25-13-5-2-6-14-25/h1-22H. The van der Waals surface area contributed by atoms with Gasteiger partial charge in [0, 0.05) is 16.9 Å². The first kappa shape index (κ1) is 18.7. The van der Waals surface area contributed by atoms with E-state index in [0.29, 0.717) is 0 Å². The van der Waals surface area contributed by atoms with Crippen molar-refractivity contribution >= 4 is 29.1 Å². The quantitative estimate of drug-likeness (QED) is 0.318. The normalized spacial score (nSPS) is 12.2. The Balaban J connectivity index is 1.55. The summed E-state index contributed by atoms with van der Waals surface area (Å²) in [7, 11) is 0. The number of rotatable bonds is 3. The second kappa shape index (κ2) is 7.90. The van der Waals surface area contributed by atoms with Crippen LogP contribution in [0.25, 0.3) is 22.3 Å². The minimum absolute atomic E-state index is 0.116. The Hall–Kier alpha value is -4.04. The van der Waals surface area contributed by atoms with Gasteiger partial charge in [-0.05, 0) is 40.4 Å². The van der Waals surface area contributed by atoms with E-state index in [1.165, 1.54) is 44.6 Å². The average Bonchev–Trinajstić information content (AvgIpc) is 2.89. The first-order chi connectivity index (χ1) is 15.9. The van der Waals surface area contributed by atoms with E-state index in [1.54, 1.807) is 0 Å². The molecule has 0 fully saturated rings.